The first-order chi connectivity index (χ1) is 21.2. The maximum absolute atomic E-state index is 16.6. The van der Waals surface area contributed by atoms with Crippen LogP contribution in [-0.2, 0) is 9.53 Å². The number of carbonyl (C=O) groups is 2. The van der Waals surface area contributed by atoms with Gasteiger partial charge in [-0.3, -0.25) is 15.0 Å². The van der Waals surface area contributed by atoms with Crippen LogP contribution in [0, 0.1) is 29.6 Å². The Balaban J connectivity index is 1.38. The number of nitrogens with one attached hydrogen (secondary N) is 3. The summed E-state index contributed by atoms with van der Waals surface area (Å²) in [5.74, 6) is -0.206. The van der Waals surface area contributed by atoms with Crippen molar-refractivity contribution in [2.75, 3.05) is 39.4 Å². The third-order valence-corrected chi connectivity index (χ3v) is 11.9. The van der Waals surface area contributed by atoms with Crippen LogP contribution in [0.15, 0.2) is 12.7 Å². The molecule has 9 nitrogen and oxygen atoms in total. The van der Waals surface area contributed by atoms with Crippen molar-refractivity contribution < 1.29 is 23.1 Å². The Labute approximate surface area is 261 Å². The van der Waals surface area contributed by atoms with E-state index in [2.05, 4.69) is 48.2 Å². The predicted molar refractivity (Wildman–Crippen MR) is 165 cm³/mol. The lowest BCUT2D eigenvalue weighted by Gasteiger charge is -2.60. The maximum atomic E-state index is 16.6. The van der Waals surface area contributed by atoms with E-state index in [0.717, 1.165) is 38.6 Å². The minimum Gasteiger partial charge on any atom is -0.381 e. The molecular weight excluding hydrogens is 566 g/mol. The third kappa shape index (κ3) is 6.02. The number of alkyl halides is 2. The van der Waals surface area contributed by atoms with Crippen LogP contribution in [0.3, 0.4) is 0 Å². The van der Waals surface area contributed by atoms with Crippen molar-refractivity contribution >= 4 is 11.9 Å². The predicted octanol–water partition coefficient (Wildman–Crippen LogP) is 3.27. The van der Waals surface area contributed by atoms with Gasteiger partial charge in [0.15, 0.2) is 0 Å². The molecule has 5 heterocycles. The Morgan fingerprint density at radius 3 is 2.55 bits per heavy atom. The molecule has 6 rings (SSSR count). The molecule has 0 radical (unpaired) electrons. The zero-order chi connectivity index (χ0) is 31.1. The summed E-state index contributed by atoms with van der Waals surface area (Å²) < 4.78 is 38.6. The fraction of sp³-hybridized carbons (Fsp3) is 0.879. The summed E-state index contributed by atoms with van der Waals surface area (Å²) in [7, 11) is 0. The molecule has 1 saturated carbocycles. The molecule has 248 valence electrons. The van der Waals surface area contributed by atoms with Gasteiger partial charge in [-0.05, 0) is 75.8 Å². The lowest BCUT2D eigenvalue weighted by Crippen LogP contribution is -2.80. The van der Waals surface area contributed by atoms with E-state index in [9.17, 15) is 9.59 Å². The van der Waals surface area contributed by atoms with Crippen molar-refractivity contribution in [3.8, 4) is 0 Å². The first kappa shape index (κ1) is 32.1. The van der Waals surface area contributed by atoms with Crippen LogP contribution in [-0.4, -0.2) is 115 Å². The first-order valence-electron chi connectivity index (χ1n) is 17.3. The quantitative estimate of drug-likeness (QED) is 0.420. The van der Waals surface area contributed by atoms with Gasteiger partial charge in [0.2, 0.25) is 5.91 Å². The third-order valence-electron chi connectivity index (χ3n) is 11.9. The van der Waals surface area contributed by atoms with E-state index < -0.39 is 30.5 Å². The summed E-state index contributed by atoms with van der Waals surface area (Å²) in [6, 6.07) is -0.854. The molecule has 12 atom stereocenters. The van der Waals surface area contributed by atoms with Gasteiger partial charge < -0.3 is 25.2 Å². The number of ether oxygens (including phenoxy) is 1. The maximum Gasteiger partial charge on any atom is 0.320 e. The molecule has 6 fully saturated rings. The number of fused-ring (bicyclic) bond motifs is 5. The molecule has 0 aromatic heterocycles. The van der Waals surface area contributed by atoms with E-state index in [-0.39, 0.29) is 66.3 Å². The normalized spacial score (nSPS) is 43.9. The molecule has 0 aromatic rings. The van der Waals surface area contributed by atoms with Crippen molar-refractivity contribution in [3.63, 3.8) is 0 Å². The van der Waals surface area contributed by atoms with Crippen molar-refractivity contribution in [1.29, 1.82) is 0 Å². The van der Waals surface area contributed by atoms with Crippen molar-refractivity contribution in [2.24, 2.45) is 29.6 Å². The molecule has 3 N–H and O–H groups in total. The Morgan fingerprint density at radius 1 is 1.05 bits per heavy atom. The summed E-state index contributed by atoms with van der Waals surface area (Å²) in [5.41, 5.74) is 0. The van der Waals surface area contributed by atoms with Crippen LogP contribution >= 0.6 is 0 Å². The van der Waals surface area contributed by atoms with E-state index in [4.69, 9.17) is 4.74 Å². The van der Waals surface area contributed by atoms with Gasteiger partial charge in [0.1, 0.15) is 12.3 Å². The van der Waals surface area contributed by atoms with Crippen LogP contribution in [0.25, 0.3) is 0 Å². The van der Waals surface area contributed by atoms with Gasteiger partial charge in [0.25, 0.3) is 0 Å². The van der Waals surface area contributed by atoms with Gasteiger partial charge in [-0.2, -0.15) is 0 Å². The first-order valence-corrected chi connectivity index (χ1v) is 17.3. The van der Waals surface area contributed by atoms with Crippen molar-refractivity contribution in [2.45, 2.75) is 115 Å². The fourth-order valence-electron chi connectivity index (χ4n) is 9.75. The van der Waals surface area contributed by atoms with E-state index >= 15 is 8.78 Å². The van der Waals surface area contributed by atoms with Crippen LogP contribution in [0.5, 0.6) is 0 Å². The van der Waals surface area contributed by atoms with E-state index in [1.165, 1.54) is 6.08 Å². The number of amides is 3. The molecule has 5 aliphatic heterocycles. The number of nitrogens with zero attached hydrogens (tertiary/aromatic N) is 3. The van der Waals surface area contributed by atoms with Crippen molar-refractivity contribution in [1.82, 2.24) is 30.7 Å². The van der Waals surface area contributed by atoms with Gasteiger partial charge in [-0.25, -0.2) is 13.6 Å². The Kier molecular flexibility index (Phi) is 9.86. The molecule has 3 amide bonds. The molecule has 11 heteroatoms. The van der Waals surface area contributed by atoms with Gasteiger partial charge in [0.05, 0.1) is 18.4 Å². The van der Waals surface area contributed by atoms with Crippen LogP contribution in [0.2, 0.25) is 0 Å². The highest BCUT2D eigenvalue weighted by Gasteiger charge is 2.57. The summed E-state index contributed by atoms with van der Waals surface area (Å²) >= 11 is 0. The van der Waals surface area contributed by atoms with Crippen LogP contribution in [0.1, 0.15) is 65.7 Å². The van der Waals surface area contributed by atoms with E-state index in [1.807, 2.05) is 4.90 Å². The van der Waals surface area contributed by atoms with E-state index in [1.54, 1.807) is 4.90 Å². The Hall–Kier alpha value is -1.82. The Bertz CT molecular complexity index is 1050. The molecule has 6 aliphatic rings. The van der Waals surface area contributed by atoms with E-state index in [0.29, 0.717) is 39.3 Å². The van der Waals surface area contributed by atoms with Gasteiger partial charge in [-0.1, -0.05) is 26.8 Å². The topological polar surface area (TPSA) is 89.2 Å². The monoisotopic (exact) mass is 620 g/mol. The van der Waals surface area contributed by atoms with Gasteiger partial charge in [0, 0.05) is 62.8 Å². The number of piperidine rings is 2. The molecule has 0 aromatic carbocycles. The SMILES string of the molecule is C=CC(=O)N1CCN(C2NC(=O)N3C4NC(C(F)CC42)C2C(F)CCCC2CCOCCC2CCNC(C(C)C)C23)[C@@H](C)C1. The number of halogens is 2. The number of carbonyl (C=O) groups excluding carboxylic acids is 2. The van der Waals surface area contributed by atoms with Gasteiger partial charge in [-0.15, -0.1) is 0 Å². The summed E-state index contributed by atoms with van der Waals surface area (Å²) in [5, 5.41) is 10.8. The van der Waals surface area contributed by atoms with Crippen LogP contribution in [0.4, 0.5) is 13.6 Å². The molecule has 5 saturated heterocycles. The summed E-state index contributed by atoms with van der Waals surface area (Å²) in [4.78, 5) is 32.9. The number of rotatable bonds is 3. The highest BCUT2D eigenvalue weighted by Crippen LogP contribution is 2.44. The highest BCUT2D eigenvalue weighted by molar-refractivity contribution is 5.87. The average Bonchev–Trinajstić information content (AvgIpc) is 3.01. The van der Waals surface area contributed by atoms with Crippen molar-refractivity contribution in [3.05, 3.63) is 12.7 Å². The second-order valence-corrected chi connectivity index (χ2v) is 14.7. The fourth-order valence-corrected chi connectivity index (χ4v) is 9.75. The zero-order valence-corrected chi connectivity index (χ0v) is 26.8. The molecule has 0 spiro atoms. The molecule has 11 unspecified atom stereocenters. The molecular formula is C33H54F2N6O3. The Morgan fingerprint density at radius 2 is 1.82 bits per heavy atom. The average molecular weight is 621 g/mol. The highest BCUT2D eigenvalue weighted by atomic mass is 19.1. The minimum absolute atomic E-state index is 0.0300. The van der Waals surface area contributed by atoms with Crippen LogP contribution < -0.4 is 16.0 Å². The second kappa shape index (κ2) is 13.5. The molecule has 44 heavy (non-hydrogen) atoms. The smallest absolute Gasteiger partial charge is 0.320 e. The standard InChI is InChI=1S/C33H54F2N6O3/c1-5-26(42)39-13-14-40(20(4)18-39)31-23-17-25(35)29-27-21(7-6-8-24(27)34)10-15-44-16-11-22-9-12-36-28(19(2)3)30(22)41(32(23)37-29)33(43)38-31/h5,19-25,27-32,36-37H,1,6-18H2,2-4H3,(H,38,43)/t20-,21?,22?,23?,24?,25?,27?,28?,29?,30?,31?,32?/m0/s1. The molecule has 2 bridgehead atoms. The second-order valence-electron chi connectivity index (χ2n) is 14.7. The number of hydrogen-bond acceptors (Lipinski definition) is 6. The minimum atomic E-state index is -1.23. The lowest BCUT2D eigenvalue weighted by molar-refractivity contribution is -0.132. The number of hydrogen-bond donors (Lipinski definition) is 3. The lowest BCUT2D eigenvalue weighted by atomic mass is 9.68. The molecule has 1 aliphatic carbocycles. The largest absolute Gasteiger partial charge is 0.381 e. The van der Waals surface area contributed by atoms with Gasteiger partial charge >= 0.3 is 6.03 Å². The zero-order valence-electron chi connectivity index (χ0n) is 26.8. The number of urea groups is 1. The number of piperazine rings is 1. The summed E-state index contributed by atoms with van der Waals surface area (Å²) in [6.07, 6.45) is 3.18. The summed E-state index contributed by atoms with van der Waals surface area (Å²) in [6.45, 7) is 13.8.